The summed E-state index contributed by atoms with van der Waals surface area (Å²) >= 11 is 0. The van der Waals surface area contributed by atoms with E-state index >= 15 is 0 Å². The molecule has 1 atom stereocenters. The minimum atomic E-state index is -0.839. The first-order valence-corrected chi connectivity index (χ1v) is 10.2. The number of fused-ring (bicyclic) bond motifs is 10. The first-order valence-electron chi connectivity index (χ1n) is 10.2. The highest BCUT2D eigenvalue weighted by molar-refractivity contribution is 6.39. The standard InChI is InChI=1S/C24H19N3O4/c1-2-16(29)27-15-10-6-4-8-13(15)18-20-19(23(30)25-24(20)31)17-12-7-3-5-9-14(12)26(11-28)21(17)22(18)27/h3-10,16,28-29H,2,11H2,1H3,(H,25,30,31). The van der Waals surface area contributed by atoms with Crippen LogP contribution in [0.1, 0.15) is 40.3 Å². The molecule has 0 saturated carbocycles. The van der Waals surface area contributed by atoms with Crippen LogP contribution >= 0.6 is 0 Å². The minimum absolute atomic E-state index is 0.308. The number of nitrogens with one attached hydrogen (secondary N) is 1. The van der Waals surface area contributed by atoms with Crippen LogP contribution in [0.5, 0.6) is 0 Å². The molecule has 0 radical (unpaired) electrons. The number of nitrogens with zero attached hydrogens (tertiary/aromatic N) is 2. The van der Waals surface area contributed by atoms with Gasteiger partial charge in [-0.2, -0.15) is 0 Å². The number of aliphatic hydroxyl groups is 2. The minimum Gasteiger partial charge on any atom is -0.376 e. The summed E-state index contributed by atoms with van der Waals surface area (Å²) < 4.78 is 3.55. The van der Waals surface area contributed by atoms with Crippen LogP contribution in [0.15, 0.2) is 48.5 Å². The Morgan fingerprint density at radius 1 is 0.871 bits per heavy atom. The Bertz CT molecular complexity index is 1590. The summed E-state index contributed by atoms with van der Waals surface area (Å²) in [4.78, 5) is 25.9. The first-order chi connectivity index (χ1) is 15.1. The van der Waals surface area contributed by atoms with Gasteiger partial charge in [0.1, 0.15) is 13.0 Å². The third-order valence-electron chi connectivity index (χ3n) is 6.34. The molecule has 5 aromatic rings. The second kappa shape index (κ2) is 6.16. The number of imide groups is 1. The van der Waals surface area contributed by atoms with E-state index in [4.69, 9.17) is 0 Å². The highest BCUT2D eigenvalue weighted by atomic mass is 16.3. The second-order valence-corrected chi connectivity index (χ2v) is 7.84. The fraction of sp³-hybridized carbons (Fsp3) is 0.167. The van der Waals surface area contributed by atoms with E-state index in [-0.39, 0.29) is 6.73 Å². The van der Waals surface area contributed by atoms with Crippen molar-refractivity contribution in [3.8, 4) is 0 Å². The van der Waals surface area contributed by atoms with Gasteiger partial charge < -0.3 is 19.3 Å². The van der Waals surface area contributed by atoms with Gasteiger partial charge in [-0.05, 0) is 18.6 Å². The van der Waals surface area contributed by atoms with Crippen molar-refractivity contribution < 1.29 is 19.8 Å². The molecule has 1 aliphatic rings. The first kappa shape index (κ1) is 18.1. The Morgan fingerprint density at radius 2 is 1.42 bits per heavy atom. The van der Waals surface area contributed by atoms with Gasteiger partial charge in [-0.3, -0.25) is 14.9 Å². The largest absolute Gasteiger partial charge is 0.376 e. The lowest BCUT2D eigenvalue weighted by molar-refractivity contribution is 0.0880. The fourth-order valence-electron chi connectivity index (χ4n) is 5.12. The topological polar surface area (TPSA) is 96.5 Å². The Hall–Kier alpha value is -3.68. The van der Waals surface area contributed by atoms with Gasteiger partial charge in [-0.15, -0.1) is 0 Å². The second-order valence-electron chi connectivity index (χ2n) is 7.84. The monoisotopic (exact) mass is 413 g/mol. The molecule has 154 valence electrons. The molecule has 31 heavy (non-hydrogen) atoms. The number of hydrogen-bond acceptors (Lipinski definition) is 4. The maximum absolute atomic E-state index is 13.0. The van der Waals surface area contributed by atoms with Gasteiger partial charge in [-0.1, -0.05) is 43.3 Å². The van der Waals surface area contributed by atoms with E-state index in [9.17, 15) is 19.8 Å². The highest BCUT2D eigenvalue weighted by Gasteiger charge is 2.37. The van der Waals surface area contributed by atoms with Crippen molar-refractivity contribution >= 4 is 55.4 Å². The summed E-state index contributed by atoms with van der Waals surface area (Å²) in [7, 11) is 0. The molecule has 0 saturated heterocycles. The molecule has 3 aromatic carbocycles. The van der Waals surface area contributed by atoms with Gasteiger partial charge in [0.15, 0.2) is 0 Å². The SMILES string of the molecule is CCC(O)n1c2ccccc2c2c3c(c4c5ccccc5n(CO)c4c21)C(=O)NC3=O. The summed E-state index contributed by atoms with van der Waals surface area (Å²) in [6.07, 6.45) is -0.384. The van der Waals surface area contributed by atoms with Crippen molar-refractivity contribution in [1.82, 2.24) is 14.5 Å². The fourth-order valence-corrected chi connectivity index (χ4v) is 5.12. The Kier molecular flexibility index (Phi) is 3.60. The van der Waals surface area contributed by atoms with E-state index in [1.54, 1.807) is 4.57 Å². The zero-order chi connectivity index (χ0) is 21.4. The van der Waals surface area contributed by atoms with Crippen LogP contribution in [0.25, 0.3) is 43.6 Å². The molecule has 1 unspecified atom stereocenters. The van der Waals surface area contributed by atoms with Crippen molar-refractivity contribution in [2.45, 2.75) is 26.3 Å². The number of rotatable bonds is 3. The predicted octanol–water partition coefficient (Wildman–Crippen LogP) is 3.64. The van der Waals surface area contributed by atoms with Crippen molar-refractivity contribution in [1.29, 1.82) is 0 Å². The van der Waals surface area contributed by atoms with E-state index in [2.05, 4.69) is 5.32 Å². The van der Waals surface area contributed by atoms with E-state index in [1.807, 2.05) is 60.0 Å². The average molecular weight is 413 g/mol. The number of aromatic nitrogens is 2. The molecular weight excluding hydrogens is 394 g/mol. The van der Waals surface area contributed by atoms with E-state index in [0.717, 1.165) is 21.8 Å². The third-order valence-corrected chi connectivity index (χ3v) is 6.34. The molecule has 3 heterocycles. The highest BCUT2D eigenvalue weighted by Crippen LogP contribution is 2.45. The number of hydrogen-bond donors (Lipinski definition) is 3. The molecule has 0 bridgehead atoms. The summed E-state index contributed by atoms with van der Waals surface area (Å²) in [6.45, 7) is 1.57. The van der Waals surface area contributed by atoms with Gasteiger partial charge in [-0.25, -0.2) is 0 Å². The van der Waals surface area contributed by atoms with Crippen LogP contribution in [0.2, 0.25) is 0 Å². The molecule has 2 amide bonds. The number of benzene rings is 3. The quantitative estimate of drug-likeness (QED) is 0.394. The number of amides is 2. The maximum atomic E-state index is 13.0. The van der Waals surface area contributed by atoms with Gasteiger partial charge in [0.2, 0.25) is 0 Å². The molecule has 0 spiro atoms. The van der Waals surface area contributed by atoms with Crippen molar-refractivity contribution in [3.05, 3.63) is 59.7 Å². The zero-order valence-corrected chi connectivity index (χ0v) is 16.7. The van der Waals surface area contributed by atoms with E-state index in [0.29, 0.717) is 39.4 Å². The average Bonchev–Trinajstić information content (AvgIpc) is 3.40. The molecule has 3 N–H and O–H groups in total. The molecule has 7 nitrogen and oxygen atoms in total. The third kappa shape index (κ3) is 2.09. The van der Waals surface area contributed by atoms with Gasteiger partial charge >= 0.3 is 0 Å². The summed E-state index contributed by atoms with van der Waals surface area (Å²) in [5.74, 6) is -0.887. The van der Waals surface area contributed by atoms with Crippen LogP contribution in [0.3, 0.4) is 0 Å². The van der Waals surface area contributed by atoms with E-state index in [1.165, 1.54) is 0 Å². The Labute approximate surface area is 176 Å². The lowest BCUT2D eigenvalue weighted by atomic mass is 9.96. The van der Waals surface area contributed by atoms with Gasteiger partial charge in [0, 0.05) is 21.5 Å². The predicted molar refractivity (Wildman–Crippen MR) is 118 cm³/mol. The van der Waals surface area contributed by atoms with Gasteiger partial charge in [0.05, 0.1) is 33.2 Å². The number of carbonyl (C=O) groups excluding carboxylic acids is 2. The molecule has 6 rings (SSSR count). The number of para-hydroxylation sites is 2. The Balaban J connectivity index is 2.06. The van der Waals surface area contributed by atoms with Crippen LogP contribution in [-0.4, -0.2) is 31.2 Å². The van der Waals surface area contributed by atoms with E-state index < -0.39 is 18.0 Å². The van der Waals surface area contributed by atoms with Gasteiger partial charge in [0.25, 0.3) is 11.8 Å². The molecular formula is C24H19N3O4. The number of carbonyl (C=O) groups is 2. The summed E-state index contributed by atoms with van der Waals surface area (Å²) in [5.41, 5.74) is 3.44. The molecule has 2 aromatic heterocycles. The van der Waals surface area contributed by atoms with Crippen molar-refractivity contribution in [2.75, 3.05) is 0 Å². The van der Waals surface area contributed by atoms with Crippen LogP contribution in [0, 0.1) is 0 Å². The van der Waals surface area contributed by atoms with Crippen LogP contribution < -0.4 is 5.32 Å². The summed E-state index contributed by atoms with van der Waals surface area (Å²) in [6, 6.07) is 15.0. The van der Waals surface area contributed by atoms with Crippen LogP contribution in [-0.2, 0) is 6.73 Å². The molecule has 1 aliphatic heterocycles. The molecule has 0 fully saturated rings. The normalized spacial score (nSPS) is 14.8. The van der Waals surface area contributed by atoms with Crippen LogP contribution in [0.4, 0.5) is 0 Å². The molecule has 7 heteroatoms. The smallest absolute Gasteiger partial charge is 0.259 e. The number of aliphatic hydroxyl groups excluding tert-OH is 2. The Morgan fingerprint density at radius 3 is 2.03 bits per heavy atom. The zero-order valence-electron chi connectivity index (χ0n) is 16.7. The summed E-state index contributed by atoms with van der Waals surface area (Å²) in [5, 5.41) is 26.6. The maximum Gasteiger partial charge on any atom is 0.259 e. The lowest BCUT2D eigenvalue weighted by Gasteiger charge is -2.16. The lowest BCUT2D eigenvalue weighted by Crippen LogP contribution is -2.20. The molecule has 0 aliphatic carbocycles. The van der Waals surface area contributed by atoms with Crippen molar-refractivity contribution in [3.63, 3.8) is 0 Å². The van der Waals surface area contributed by atoms with Crippen molar-refractivity contribution in [2.24, 2.45) is 0 Å².